The van der Waals surface area contributed by atoms with E-state index in [1.165, 1.54) is 24.2 Å². The van der Waals surface area contributed by atoms with Gasteiger partial charge in [-0.3, -0.25) is 4.79 Å². The lowest BCUT2D eigenvalue weighted by molar-refractivity contribution is 0.0757. The molecule has 0 N–H and O–H groups in total. The van der Waals surface area contributed by atoms with E-state index in [-0.39, 0.29) is 5.91 Å². The van der Waals surface area contributed by atoms with Crippen molar-refractivity contribution in [3.8, 4) is 0 Å². The third-order valence-electron chi connectivity index (χ3n) is 2.32. The molecule has 0 aliphatic heterocycles. The van der Waals surface area contributed by atoms with Gasteiger partial charge in [0.15, 0.2) is 0 Å². The molecule has 1 aliphatic carbocycles. The van der Waals surface area contributed by atoms with Crippen LogP contribution in [0.1, 0.15) is 29.4 Å². The molecule has 0 saturated heterocycles. The molecule has 0 spiro atoms. The molecule has 2 nitrogen and oxygen atoms in total. The monoisotopic (exact) mass is 195 g/mol. The van der Waals surface area contributed by atoms with Crippen LogP contribution < -0.4 is 0 Å². The van der Waals surface area contributed by atoms with Gasteiger partial charge in [0.05, 0.1) is 4.88 Å². The predicted octanol–water partition coefficient (Wildman–Crippen LogP) is 2.37. The van der Waals surface area contributed by atoms with Crippen LogP contribution in [0.4, 0.5) is 0 Å². The number of amides is 1. The largest absolute Gasteiger partial charge is 0.335 e. The molecule has 70 valence electrons. The second kappa shape index (κ2) is 3.50. The van der Waals surface area contributed by atoms with Gasteiger partial charge in [0.2, 0.25) is 0 Å². The van der Waals surface area contributed by atoms with Gasteiger partial charge in [0.25, 0.3) is 5.91 Å². The first-order valence-electron chi connectivity index (χ1n) is 4.67. The number of rotatable bonds is 3. The first kappa shape index (κ1) is 8.75. The highest BCUT2D eigenvalue weighted by Crippen LogP contribution is 2.28. The molecule has 2 rings (SSSR count). The maximum Gasteiger partial charge on any atom is 0.264 e. The Morgan fingerprint density at radius 2 is 2.46 bits per heavy atom. The van der Waals surface area contributed by atoms with Crippen molar-refractivity contribution in [2.75, 3.05) is 6.54 Å². The molecule has 0 aromatic carbocycles. The van der Waals surface area contributed by atoms with E-state index in [1.807, 2.05) is 29.3 Å². The zero-order chi connectivity index (χ0) is 9.26. The molecule has 1 amide bonds. The summed E-state index contributed by atoms with van der Waals surface area (Å²) < 4.78 is 0. The molecule has 1 aromatic rings. The Balaban J connectivity index is 2.10. The van der Waals surface area contributed by atoms with Gasteiger partial charge in [0, 0.05) is 12.6 Å². The fourth-order valence-electron chi connectivity index (χ4n) is 1.50. The highest BCUT2D eigenvalue weighted by Gasteiger charge is 2.31. The molecule has 1 fully saturated rings. The molecule has 0 unspecified atom stereocenters. The minimum atomic E-state index is 0.208. The highest BCUT2D eigenvalue weighted by molar-refractivity contribution is 7.12. The number of hydrogen-bond donors (Lipinski definition) is 0. The van der Waals surface area contributed by atoms with Crippen LogP contribution >= 0.6 is 11.3 Å². The van der Waals surface area contributed by atoms with E-state index in [1.54, 1.807) is 0 Å². The Bertz CT molecular complexity index is 290. The van der Waals surface area contributed by atoms with Gasteiger partial charge in [-0.15, -0.1) is 11.3 Å². The molecular weight excluding hydrogens is 182 g/mol. The van der Waals surface area contributed by atoms with Gasteiger partial charge in [0.1, 0.15) is 0 Å². The summed E-state index contributed by atoms with van der Waals surface area (Å²) in [5.74, 6) is 0.208. The third-order valence-corrected chi connectivity index (χ3v) is 3.18. The second-order valence-corrected chi connectivity index (χ2v) is 4.25. The molecular formula is C10H13NOS. The zero-order valence-corrected chi connectivity index (χ0v) is 8.51. The van der Waals surface area contributed by atoms with Crippen LogP contribution in [0.3, 0.4) is 0 Å². The highest BCUT2D eigenvalue weighted by atomic mass is 32.1. The molecule has 1 aliphatic rings. The normalized spacial score (nSPS) is 15.8. The lowest BCUT2D eigenvalue weighted by Crippen LogP contribution is -2.32. The van der Waals surface area contributed by atoms with Crippen LogP contribution in [-0.4, -0.2) is 23.4 Å². The zero-order valence-electron chi connectivity index (χ0n) is 7.69. The number of thiophene rings is 1. The minimum Gasteiger partial charge on any atom is -0.335 e. The van der Waals surface area contributed by atoms with Crippen molar-refractivity contribution in [2.24, 2.45) is 0 Å². The standard InChI is InChI=1S/C10H13NOS/c1-2-11(8-5-6-8)10(12)9-4-3-7-13-9/h3-4,7-8H,2,5-6H2,1H3. The van der Waals surface area contributed by atoms with E-state index in [4.69, 9.17) is 0 Å². The van der Waals surface area contributed by atoms with E-state index < -0.39 is 0 Å². The molecule has 3 heteroatoms. The van der Waals surface area contributed by atoms with Crippen molar-refractivity contribution >= 4 is 17.2 Å². The summed E-state index contributed by atoms with van der Waals surface area (Å²) in [5.41, 5.74) is 0. The van der Waals surface area contributed by atoms with E-state index in [0.717, 1.165) is 11.4 Å². The molecule has 13 heavy (non-hydrogen) atoms. The Morgan fingerprint density at radius 1 is 1.69 bits per heavy atom. The fraction of sp³-hybridized carbons (Fsp3) is 0.500. The Labute approximate surface area is 82.2 Å². The van der Waals surface area contributed by atoms with Crippen molar-refractivity contribution in [1.29, 1.82) is 0 Å². The summed E-state index contributed by atoms with van der Waals surface area (Å²) in [6.07, 6.45) is 2.37. The maximum absolute atomic E-state index is 11.9. The van der Waals surface area contributed by atoms with Crippen LogP contribution in [0.2, 0.25) is 0 Å². The summed E-state index contributed by atoms with van der Waals surface area (Å²) in [6.45, 7) is 2.88. The van der Waals surface area contributed by atoms with Crippen LogP contribution in [0.15, 0.2) is 17.5 Å². The van der Waals surface area contributed by atoms with E-state index in [2.05, 4.69) is 0 Å². The van der Waals surface area contributed by atoms with Crippen molar-refractivity contribution < 1.29 is 4.79 Å². The smallest absolute Gasteiger partial charge is 0.264 e. The molecule has 1 aromatic heterocycles. The Hall–Kier alpha value is -0.830. The quantitative estimate of drug-likeness (QED) is 0.725. The minimum absolute atomic E-state index is 0.208. The van der Waals surface area contributed by atoms with Crippen LogP contribution in [0.5, 0.6) is 0 Å². The topological polar surface area (TPSA) is 20.3 Å². The van der Waals surface area contributed by atoms with Crippen LogP contribution in [-0.2, 0) is 0 Å². The maximum atomic E-state index is 11.9. The Kier molecular flexibility index (Phi) is 2.36. The molecule has 0 radical (unpaired) electrons. The summed E-state index contributed by atoms with van der Waals surface area (Å²) in [7, 11) is 0. The lowest BCUT2D eigenvalue weighted by Gasteiger charge is -2.19. The van der Waals surface area contributed by atoms with Crippen molar-refractivity contribution in [1.82, 2.24) is 4.90 Å². The number of carbonyl (C=O) groups excluding carboxylic acids is 1. The van der Waals surface area contributed by atoms with E-state index >= 15 is 0 Å². The summed E-state index contributed by atoms with van der Waals surface area (Å²) in [4.78, 5) is 14.7. The molecule has 1 heterocycles. The van der Waals surface area contributed by atoms with Crippen LogP contribution in [0, 0.1) is 0 Å². The lowest BCUT2D eigenvalue weighted by atomic mass is 10.4. The van der Waals surface area contributed by atoms with Gasteiger partial charge in [-0.2, -0.15) is 0 Å². The van der Waals surface area contributed by atoms with Gasteiger partial charge in [-0.1, -0.05) is 6.07 Å². The van der Waals surface area contributed by atoms with Gasteiger partial charge in [-0.05, 0) is 31.2 Å². The van der Waals surface area contributed by atoms with E-state index in [0.29, 0.717) is 6.04 Å². The van der Waals surface area contributed by atoms with E-state index in [9.17, 15) is 4.79 Å². The molecule has 0 bridgehead atoms. The number of hydrogen-bond acceptors (Lipinski definition) is 2. The predicted molar refractivity (Wildman–Crippen MR) is 54.1 cm³/mol. The third kappa shape index (κ3) is 1.75. The summed E-state index contributed by atoms with van der Waals surface area (Å²) >= 11 is 1.53. The average molecular weight is 195 g/mol. The Morgan fingerprint density at radius 3 is 2.92 bits per heavy atom. The van der Waals surface area contributed by atoms with Crippen molar-refractivity contribution in [3.63, 3.8) is 0 Å². The first-order chi connectivity index (χ1) is 6.33. The SMILES string of the molecule is CCN(C(=O)c1cccs1)C1CC1. The van der Waals surface area contributed by atoms with Crippen LogP contribution in [0.25, 0.3) is 0 Å². The second-order valence-electron chi connectivity index (χ2n) is 3.30. The molecule has 1 saturated carbocycles. The fourth-order valence-corrected chi connectivity index (χ4v) is 2.17. The number of nitrogens with zero attached hydrogens (tertiary/aromatic N) is 1. The van der Waals surface area contributed by atoms with Crippen molar-refractivity contribution in [3.05, 3.63) is 22.4 Å². The average Bonchev–Trinajstić information content (AvgIpc) is 2.83. The van der Waals surface area contributed by atoms with Gasteiger partial charge < -0.3 is 4.90 Å². The summed E-state index contributed by atoms with van der Waals surface area (Å²) in [6, 6.07) is 4.36. The molecule has 0 atom stereocenters. The summed E-state index contributed by atoms with van der Waals surface area (Å²) in [5, 5.41) is 1.95. The van der Waals surface area contributed by atoms with Crippen molar-refractivity contribution in [2.45, 2.75) is 25.8 Å². The van der Waals surface area contributed by atoms with Gasteiger partial charge >= 0.3 is 0 Å². The first-order valence-corrected chi connectivity index (χ1v) is 5.55. The number of carbonyl (C=O) groups is 1. The van der Waals surface area contributed by atoms with Gasteiger partial charge in [-0.25, -0.2) is 0 Å².